The Morgan fingerprint density at radius 2 is 1.55 bits per heavy atom. The van der Waals surface area contributed by atoms with E-state index in [-0.39, 0.29) is 29.4 Å². The zero-order valence-electron chi connectivity index (χ0n) is 18.5. The van der Waals surface area contributed by atoms with Gasteiger partial charge < -0.3 is 4.43 Å². The van der Waals surface area contributed by atoms with Gasteiger partial charge in [0.25, 0.3) is 0 Å². The van der Waals surface area contributed by atoms with Gasteiger partial charge in [0.1, 0.15) is 5.25 Å². The Hall–Kier alpha value is -1.02. The van der Waals surface area contributed by atoms with Gasteiger partial charge in [-0.05, 0) is 35.2 Å². The quantitative estimate of drug-likeness (QED) is 0.602. The van der Waals surface area contributed by atoms with Gasteiger partial charge in [0.05, 0.1) is 23.6 Å². The summed E-state index contributed by atoms with van der Waals surface area (Å²) in [5.74, 6) is -0.196. The van der Waals surface area contributed by atoms with Crippen LogP contribution in [0, 0.1) is 0 Å². The molecule has 0 saturated carbocycles. The molecule has 3 atom stereocenters. The molecule has 2 aliphatic rings. The number of fused-ring (bicyclic) bond motifs is 1. The van der Waals surface area contributed by atoms with Crippen LogP contribution in [-0.2, 0) is 19.1 Å². The Morgan fingerprint density at radius 3 is 2.07 bits per heavy atom. The van der Waals surface area contributed by atoms with Crippen molar-refractivity contribution in [2.24, 2.45) is 0 Å². The number of carbonyl (C=O) groups excluding carboxylic acids is 1. The van der Waals surface area contributed by atoms with E-state index in [0.717, 1.165) is 13.0 Å². The summed E-state index contributed by atoms with van der Waals surface area (Å²) in [6.07, 6.45) is 0.587. The van der Waals surface area contributed by atoms with Crippen molar-refractivity contribution in [2.45, 2.75) is 86.9 Å². The smallest absolute Gasteiger partial charge is 0.200 e. The summed E-state index contributed by atoms with van der Waals surface area (Å²) in [6.45, 7) is 14.3. The molecule has 7 heteroatoms. The van der Waals surface area contributed by atoms with E-state index in [2.05, 4.69) is 41.5 Å². The third-order valence-electron chi connectivity index (χ3n) is 6.96. The van der Waals surface area contributed by atoms with Crippen LogP contribution < -0.4 is 0 Å². The molecule has 2 saturated heterocycles. The summed E-state index contributed by atoms with van der Waals surface area (Å²) in [4.78, 5) is 15.1. The van der Waals surface area contributed by atoms with E-state index in [4.69, 9.17) is 4.43 Å². The second kappa shape index (κ2) is 8.25. The largest absolute Gasteiger partial charge is 0.411 e. The molecule has 162 valence electrons. The van der Waals surface area contributed by atoms with Crippen LogP contribution in [0.3, 0.4) is 0 Å². The molecule has 2 heterocycles. The van der Waals surface area contributed by atoms with Gasteiger partial charge in [-0.25, -0.2) is 8.42 Å². The maximum absolute atomic E-state index is 13.4. The zero-order valence-corrected chi connectivity index (χ0v) is 20.3. The van der Waals surface area contributed by atoms with Crippen LogP contribution in [0.5, 0.6) is 0 Å². The lowest BCUT2D eigenvalue weighted by Crippen LogP contribution is -2.54. The molecule has 0 unspecified atom stereocenters. The van der Waals surface area contributed by atoms with Gasteiger partial charge >= 0.3 is 0 Å². The van der Waals surface area contributed by atoms with Crippen LogP contribution in [-0.4, -0.2) is 57.9 Å². The van der Waals surface area contributed by atoms with Gasteiger partial charge in [0, 0.05) is 6.54 Å². The minimum absolute atomic E-state index is 0.196. The molecule has 0 bridgehead atoms. The van der Waals surface area contributed by atoms with Crippen molar-refractivity contribution in [1.82, 2.24) is 4.90 Å². The van der Waals surface area contributed by atoms with E-state index in [1.807, 2.05) is 4.90 Å². The second-order valence-electron chi connectivity index (χ2n) is 9.47. The molecule has 29 heavy (non-hydrogen) atoms. The predicted octanol–water partition coefficient (Wildman–Crippen LogP) is 4.05. The van der Waals surface area contributed by atoms with Crippen LogP contribution in [0.25, 0.3) is 0 Å². The van der Waals surface area contributed by atoms with Gasteiger partial charge in [0.15, 0.2) is 15.6 Å². The van der Waals surface area contributed by atoms with E-state index in [1.54, 1.807) is 30.3 Å². The summed E-state index contributed by atoms with van der Waals surface area (Å²) in [7, 11) is -5.92. The Kier molecular flexibility index (Phi) is 6.44. The van der Waals surface area contributed by atoms with Gasteiger partial charge in [-0.15, -0.1) is 0 Å². The molecule has 0 amide bonds. The fourth-order valence-corrected chi connectivity index (χ4v) is 13.4. The van der Waals surface area contributed by atoms with Crippen molar-refractivity contribution in [3.63, 3.8) is 0 Å². The number of ketones is 1. The maximum Gasteiger partial charge on any atom is 0.200 e. The third kappa shape index (κ3) is 3.75. The average Bonchev–Trinajstić information content (AvgIpc) is 3.17. The van der Waals surface area contributed by atoms with Crippen molar-refractivity contribution >= 4 is 23.9 Å². The van der Waals surface area contributed by atoms with Gasteiger partial charge in [0.2, 0.25) is 8.32 Å². The van der Waals surface area contributed by atoms with Crippen LogP contribution in [0.2, 0.25) is 16.6 Å². The number of rotatable bonds is 7. The summed E-state index contributed by atoms with van der Waals surface area (Å²) < 4.78 is 33.8. The van der Waals surface area contributed by atoms with E-state index >= 15 is 0 Å². The van der Waals surface area contributed by atoms with Crippen LogP contribution in [0.4, 0.5) is 0 Å². The number of Topliss-reactive ketones (excluding diaryl/α,β-unsaturated/α-hetero) is 1. The van der Waals surface area contributed by atoms with Crippen LogP contribution in [0.1, 0.15) is 48.0 Å². The first-order valence-corrected chi connectivity index (χ1v) is 14.5. The van der Waals surface area contributed by atoms with Crippen molar-refractivity contribution in [2.75, 3.05) is 13.1 Å². The van der Waals surface area contributed by atoms with Gasteiger partial charge in [-0.1, -0.05) is 59.7 Å². The molecule has 0 aromatic heterocycles. The summed E-state index contributed by atoms with van der Waals surface area (Å²) >= 11 is 0. The van der Waals surface area contributed by atoms with E-state index in [1.165, 1.54) is 0 Å². The standard InChI is InChI=1S/C22H35NO4SSi/c1-15(2)29(16(3)4,17(5)6)27-20-12-13-23-14-19(24)22(21(20)23)28(25,26)18-10-8-7-9-11-18/h7-11,15-17,20-22H,12-14H2,1-6H3/t20-,21+,22-/m1/s1. The monoisotopic (exact) mass is 437 g/mol. The first-order valence-electron chi connectivity index (χ1n) is 10.8. The molecular formula is C22H35NO4SSi. The highest BCUT2D eigenvalue weighted by molar-refractivity contribution is 7.93. The van der Waals surface area contributed by atoms with E-state index < -0.39 is 23.4 Å². The lowest BCUT2D eigenvalue weighted by Gasteiger charge is -2.45. The minimum Gasteiger partial charge on any atom is -0.411 e. The molecule has 0 spiro atoms. The normalized spacial score (nSPS) is 26.1. The molecule has 2 fully saturated rings. The van der Waals surface area contributed by atoms with Gasteiger partial charge in [-0.3, -0.25) is 9.69 Å². The molecular weight excluding hydrogens is 402 g/mol. The first-order chi connectivity index (χ1) is 13.5. The van der Waals surface area contributed by atoms with E-state index in [9.17, 15) is 13.2 Å². The highest BCUT2D eigenvalue weighted by Gasteiger charge is 2.57. The maximum atomic E-state index is 13.4. The average molecular weight is 438 g/mol. The number of hydrogen-bond donors (Lipinski definition) is 0. The highest BCUT2D eigenvalue weighted by Crippen LogP contribution is 2.46. The van der Waals surface area contributed by atoms with Crippen molar-refractivity contribution in [3.05, 3.63) is 30.3 Å². The third-order valence-corrected chi connectivity index (χ3v) is 15.2. The number of hydrogen-bond acceptors (Lipinski definition) is 5. The van der Waals surface area contributed by atoms with Crippen LogP contribution >= 0.6 is 0 Å². The van der Waals surface area contributed by atoms with Crippen molar-refractivity contribution < 1.29 is 17.6 Å². The second-order valence-corrected chi connectivity index (χ2v) is 16.9. The van der Waals surface area contributed by atoms with Crippen molar-refractivity contribution in [1.29, 1.82) is 0 Å². The Morgan fingerprint density at radius 1 is 1.00 bits per heavy atom. The minimum atomic E-state index is -3.75. The first kappa shape index (κ1) is 22.7. The molecule has 2 aliphatic heterocycles. The van der Waals surface area contributed by atoms with Crippen molar-refractivity contribution in [3.8, 4) is 0 Å². The number of carbonyl (C=O) groups is 1. The summed E-state index contributed by atoms with van der Waals surface area (Å²) in [5.41, 5.74) is 1.24. The van der Waals surface area contributed by atoms with Crippen LogP contribution in [0.15, 0.2) is 35.2 Å². The molecule has 1 aromatic rings. The Balaban J connectivity index is 1.98. The van der Waals surface area contributed by atoms with E-state index in [0.29, 0.717) is 16.6 Å². The molecule has 0 aliphatic carbocycles. The number of nitrogens with zero attached hydrogens (tertiary/aromatic N) is 1. The number of sulfone groups is 1. The molecule has 5 nitrogen and oxygen atoms in total. The zero-order chi connectivity index (χ0) is 21.6. The fourth-order valence-electron chi connectivity index (χ4n) is 5.81. The summed E-state index contributed by atoms with van der Waals surface area (Å²) in [5, 5.41) is -1.03. The lowest BCUT2D eigenvalue weighted by molar-refractivity contribution is -0.116. The number of benzene rings is 1. The topological polar surface area (TPSA) is 63.7 Å². The predicted molar refractivity (Wildman–Crippen MR) is 118 cm³/mol. The molecule has 0 N–H and O–H groups in total. The molecule has 3 rings (SSSR count). The SMILES string of the molecule is CC(C)[Si](O[C@@H]1CCN2CC(=O)[C@@H](S(=O)(=O)c3ccccc3)[C@H]12)(C(C)C)C(C)C. The summed E-state index contributed by atoms with van der Waals surface area (Å²) in [6, 6.07) is 8.01. The Labute approximate surface area is 176 Å². The molecule has 0 radical (unpaired) electrons. The van der Waals surface area contributed by atoms with Gasteiger partial charge in [-0.2, -0.15) is 0 Å². The lowest BCUT2D eigenvalue weighted by atomic mass is 10.1. The fraction of sp³-hybridized carbons (Fsp3) is 0.682. The molecule has 1 aromatic carbocycles. The highest BCUT2D eigenvalue weighted by atomic mass is 32.2. The Bertz CT molecular complexity index is 816.